The van der Waals surface area contributed by atoms with E-state index in [-0.39, 0.29) is 39.9 Å². The van der Waals surface area contributed by atoms with Crippen molar-refractivity contribution in [2.75, 3.05) is 0 Å². The van der Waals surface area contributed by atoms with Crippen LogP contribution in [0.15, 0.2) is 29.4 Å². The number of nitrogens with zero attached hydrogens (tertiary/aromatic N) is 2. The summed E-state index contributed by atoms with van der Waals surface area (Å²) >= 11 is 0. The molecule has 0 bridgehead atoms. The van der Waals surface area contributed by atoms with E-state index in [1.165, 1.54) is 18.3 Å². The number of carbonyl (C=O) groups is 1. The van der Waals surface area contributed by atoms with Gasteiger partial charge in [-0.1, -0.05) is 0 Å². The van der Waals surface area contributed by atoms with E-state index in [4.69, 9.17) is 0 Å². The van der Waals surface area contributed by atoms with Crippen molar-refractivity contribution in [3.8, 4) is 11.5 Å². The molecule has 1 aliphatic heterocycles. The number of ether oxygens (including phenoxy) is 2. The second kappa shape index (κ2) is 6.12. The molecule has 2 N–H and O–H groups in total. The predicted molar refractivity (Wildman–Crippen MR) is 64.6 cm³/mol. The Balaban J connectivity index is 0.00000176. The van der Waals surface area contributed by atoms with Gasteiger partial charge in [0.05, 0.1) is 17.2 Å². The molecule has 0 saturated heterocycles. The van der Waals surface area contributed by atoms with Crippen molar-refractivity contribution in [3.05, 3.63) is 36.2 Å². The number of benzene rings is 1. The molecule has 0 aliphatic carbocycles. The van der Waals surface area contributed by atoms with Crippen molar-refractivity contribution in [3.63, 3.8) is 0 Å². The number of hydrogen-bond acceptors (Lipinski definition) is 5. The molecule has 1 radical (unpaired) electrons. The Bertz CT molecular complexity index is 706. The fraction of sp³-hybridized carbons (Fsp3) is 0.0833. The Kier molecular flexibility index (Phi) is 4.43. The Morgan fingerprint density at radius 1 is 1.45 bits per heavy atom. The third-order valence-electron chi connectivity index (χ3n) is 2.41. The zero-order valence-electron chi connectivity index (χ0n) is 10.6. The number of amides is 1. The SMILES string of the molecule is O=C(N[C-]=Nc1[c-]cc2c(c1)OC(F)(F)O2)c1ccn[nH]1.[Mn+2]. The minimum absolute atomic E-state index is 0. The predicted octanol–water partition coefficient (Wildman–Crippen LogP) is 1.50. The molecular weight excluding hydrogens is 341 g/mol. The van der Waals surface area contributed by atoms with Crippen LogP contribution in [0.3, 0.4) is 0 Å². The number of nitrogens with one attached hydrogen (secondary N) is 2. The number of halogens is 2. The van der Waals surface area contributed by atoms with Gasteiger partial charge in [0, 0.05) is 12.5 Å². The van der Waals surface area contributed by atoms with Crippen LogP contribution in [0.2, 0.25) is 0 Å². The van der Waals surface area contributed by atoms with E-state index in [1.807, 2.05) is 0 Å². The molecule has 10 heteroatoms. The normalized spacial score (nSPS) is 14.6. The van der Waals surface area contributed by atoms with Gasteiger partial charge in [0.15, 0.2) is 5.91 Å². The summed E-state index contributed by atoms with van der Waals surface area (Å²) in [6.07, 6.45) is -0.0186. The first-order valence-electron chi connectivity index (χ1n) is 5.60. The molecule has 2 heterocycles. The molecule has 0 spiro atoms. The van der Waals surface area contributed by atoms with E-state index in [0.29, 0.717) is 0 Å². The van der Waals surface area contributed by atoms with E-state index in [0.717, 1.165) is 6.07 Å². The minimum Gasteiger partial charge on any atom is -0.460 e. The topological polar surface area (TPSA) is 88.6 Å². The third kappa shape index (κ3) is 3.41. The molecule has 3 rings (SSSR count). The van der Waals surface area contributed by atoms with Gasteiger partial charge >= 0.3 is 23.4 Å². The fourth-order valence-corrected chi connectivity index (χ4v) is 1.54. The second-order valence-corrected chi connectivity index (χ2v) is 3.86. The maximum atomic E-state index is 12.8. The first-order valence-corrected chi connectivity index (χ1v) is 5.60. The van der Waals surface area contributed by atoms with Crippen LogP contribution in [0.1, 0.15) is 10.5 Å². The van der Waals surface area contributed by atoms with Crippen molar-refractivity contribution >= 4 is 17.9 Å². The summed E-state index contributed by atoms with van der Waals surface area (Å²) in [5.74, 6) is -0.803. The van der Waals surface area contributed by atoms with Gasteiger partial charge in [0.25, 0.3) is 0 Å². The molecule has 0 saturated carbocycles. The summed E-state index contributed by atoms with van der Waals surface area (Å²) < 4.78 is 34.1. The van der Waals surface area contributed by atoms with Crippen LogP contribution in [0, 0.1) is 6.07 Å². The molecule has 1 aliphatic rings. The molecular formula is C12H6F2MnN4O3. The number of aromatic amines is 1. The zero-order chi connectivity index (χ0) is 14.9. The van der Waals surface area contributed by atoms with Gasteiger partial charge < -0.3 is 24.6 Å². The molecule has 22 heavy (non-hydrogen) atoms. The molecule has 113 valence electrons. The summed E-state index contributed by atoms with van der Waals surface area (Å²) in [4.78, 5) is 15.2. The first-order chi connectivity index (χ1) is 10.0. The van der Waals surface area contributed by atoms with E-state index in [2.05, 4.69) is 42.4 Å². The van der Waals surface area contributed by atoms with Gasteiger partial charge in [-0.25, -0.2) is 6.07 Å². The average molecular weight is 347 g/mol. The van der Waals surface area contributed by atoms with E-state index in [9.17, 15) is 13.6 Å². The van der Waals surface area contributed by atoms with Gasteiger partial charge in [-0.3, -0.25) is 5.10 Å². The summed E-state index contributed by atoms with van der Waals surface area (Å²) in [5, 5.41) is 8.32. The maximum absolute atomic E-state index is 12.8. The van der Waals surface area contributed by atoms with E-state index >= 15 is 0 Å². The van der Waals surface area contributed by atoms with Crippen molar-refractivity contribution in [1.82, 2.24) is 15.5 Å². The Morgan fingerprint density at radius 3 is 2.95 bits per heavy atom. The van der Waals surface area contributed by atoms with Crippen LogP contribution in [0.4, 0.5) is 14.5 Å². The van der Waals surface area contributed by atoms with Gasteiger partial charge in [-0.05, 0) is 6.07 Å². The largest absolute Gasteiger partial charge is 2.00 e. The molecule has 1 aromatic heterocycles. The number of aliphatic imine (C=N–C) groups is 1. The van der Waals surface area contributed by atoms with Crippen LogP contribution in [-0.2, 0) is 17.1 Å². The number of alkyl halides is 2. The summed E-state index contributed by atoms with van der Waals surface area (Å²) in [6.45, 7) is 0. The number of H-pyrrole nitrogens is 1. The molecule has 2 aromatic rings. The van der Waals surface area contributed by atoms with Crippen molar-refractivity contribution in [1.29, 1.82) is 0 Å². The van der Waals surface area contributed by atoms with Gasteiger partial charge in [-0.2, -0.15) is 11.2 Å². The monoisotopic (exact) mass is 347 g/mol. The number of aromatic nitrogens is 2. The Hall–Kier alpha value is -2.45. The smallest absolute Gasteiger partial charge is 0.460 e. The number of fused-ring (bicyclic) bond motifs is 1. The molecule has 0 unspecified atom stereocenters. The van der Waals surface area contributed by atoms with Crippen molar-refractivity contribution in [2.45, 2.75) is 6.29 Å². The van der Waals surface area contributed by atoms with Gasteiger partial charge in [-0.15, -0.1) is 20.5 Å². The van der Waals surface area contributed by atoms with Crippen LogP contribution in [-0.4, -0.2) is 28.7 Å². The molecule has 0 atom stereocenters. The quantitative estimate of drug-likeness (QED) is 0.290. The van der Waals surface area contributed by atoms with Gasteiger partial charge in [0.1, 0.15) is 0 Å². The summed E-state index contributed by atoms with van der Waals surface area (Å²) in [5.41, 5.74) is 0.368. The van der Waals surface area contributed by atoms with Crippen LogP contribution < -0.4 is 14.8 Å². The average Bonchev–Trinajstić information content (AvgIpc) is 3.03. The second-order valence-electron chi connectivity index (χ2n) is 3.86. The number of carbonyl (C=O) groups excluding carboxylic acids is 1. The van der Waals surface area contributed by atoms with Crippen LogP contribution in [0.5, 0.6) is 11.5 Å². The molecule has 0 fully saturated rings. The first kappa shape index (κ1) is 15.9. The fourth-order valence-electron chi connectivity index (χ4n) is 1.54. The standard InChI is InChI=1S/C12H6F2N4O3.Mn/c13-12(14)20-9-2-1-7(5-10(9)21-12)15-6-16-11(19)8-3-4-17-18-8;/h2-5H,(H,17,18)(H,15,16,19);/q-2;+2. The summed E-state index contributed by atoms with van der Waals surface area (Å²) in [7, 11) is 0. The summed E-state index contributed by atoms with van der Waals surface area (Å²) in [6, 6.07) is 6.39. The Labute approximate surface area is 133 Å². The van der Waals surface area contributed by atoms with E-state index in [1.54, 1.807) is 0 Å². The van der Waals surface area contributed by atoms with Crippen LogP contribution in [0.25, 0.3) is 0 Å². The third-order valence-corrected chi connectivity index (χ3v) is 2.41. The molecule has 1 aromatic carbocycles. The zero-order valence-corrected chi connectivity index (χ0v) is 11.7. The van der Waals surface area contributed by atoms with E-state index < -0.39 is 12.2 Å². The molecule has 1 amide bonds. The number of hydrogen-bond donors (Lipinski definition) is 2. The Morgan fingerprint density at radius 2 is 2.23 bits per heavy atom. The minimum atomic E-state index is -3.70. The van der Waals surface area contributed by atoms with Crippen molar-refractivity contribution in [2.24, 2.45) is 4.99 Å². The maximum Gasteiger partial charge on any atom is 2.00 e. The van der Waals surface area contributed by atoms with Gasteiger partial charge in [0.2, 0.25) is 0 Å². The molecule has 7 nitrogen and oxygen atoms in total. The van der Waals surface area contributed by atoms with Crippen LogP contribution >= 0.6 is 0 Å². The number of rotatable bonds is 3. The van der Waals surface area contributed by atoms with Crippen molar-refractivity contribution < 1.29 is 40.1 Å².